The molecule has 0 unspecified atom stereocenters. The van der Waals surface area contributed by atoms with Crippen LogP contribution in [0.2, 0.25) is 0 Å². The zero-order valence-corrected chi connectivity index (χ0v) is 7.12. The lowest BCUT2D eigenvalue weighted by molar-refractivity contribution is 0.704. The standard InChI is InChI=1S/C9H11N3/c1-12-9(7-2-3-7)6-8(11-12)4-5-10/h6-7H,2-4H2,1H3. The maximum absolute atomic E-state index is 8.47. The third-order valence-corrected chi connectivity index (χ3v) is 2.22. The molecule has 0 spiro atoms. The highest BCUT2D eigenvalue weighted by molar-refractivity contribution is 5.20. The van der Waals surface area contributed by atoms with Crippen molar-refractivity contribution in [3.63, 3.8) is 0 Å². The third kappa shape index (κ3) is 1.20. The SMILES string of the molecule is Cn1nc(CC#N)cc1C1CC1. The predicted molar refractivity (Wildman–Crippen MR) is 44.5 cm³/mol. The molecule has 3 heteroatoms. The van der Waals surface area contributed by atoms with Gasteiger partial charge < -0.3 is 0 Å². The van der Waals surface area contributed by atoms with Gasteiger partial charge in [0.05, 0.1) is 18.2 Å². The van der Waals surface area contributed by atoms with E-state index in [9.17, 15) is 0 Å². The Morgan fingerprint density at radius 1 is 1.75 bits per heavy atom. The van der Waals surface area contributed by atoms with E-state index in [1.165, 1.54) is 18.5 Å². The molecule has 1 aromatic heterocycles. The summed E-state index contributed by atoms with van der Waals surface area (Å²) >= 11 is 0. The number of hydrogen-bond donors (Lipinski definition) is 0. The van der Waals surface area contributed by atoms with Crippen LogP contribution in [0.15, 0.2) is 6.07 Å². The van der Waals surface area contributed by atoms with Gasteiger partial charge in [0.15, 0.2) is 0 Å². The van der Waals surface area contributed by atoms with Crippen LogP contribution in [0, 0.1) is 11.3 Å². The molecule has 12 heavy (non-hydrogen) atoms. The monoisotopic (exact) mass is 161 g/mol. The lowest BCUT2D eigenvalue weighted by Crippen LogP contribution is -1.96. The van der Waals surface area contributed by atoms with E-state index < -0.39 is 0 Å². The minimum atomic E-state index is 0.431. The zero-order chi connectivity index (χ0) is 8.55. The first-order valence-corrected chi connectivity index (χ1v) is 4.21. The summed E-state index contributed by atoms with van der Waals surface area (Å²) in [6, 6.07) is 4.16. The zero-order valence-electron chi connectivity index (χ0n) is 7.12. The molecule has 3 nitrogen and oxygen atoms in total. The molecule has 1 aliphatic carbocycles. The van der Waals surface area contributed by atoms with E-state index in [4.69, 9.17) is 5.26 Å². The first-order valence-electron chi connectivity index (χ1n) is 4.21. The Kier molecular flexibility index (Phi) is 1.61. The van der Waals surface area contributed by atoms with Crippen molar-refractivity contribution in [2.45, 2.75) is 25.2 Å². The molecule has 0 radical (unpaired) electrons. The Morgan fingerprint density at radius 2 is 2.50 bits per heavy atom. The van der Waals surface area contributed by atoms with Crippen molar-refractivity contribution < 1.29 is 0 Å². The Bertz CT molecular complexity index is 328. The molecule has 0 aromatic carbocycles. The number of hydrogen-bond acceptors (Lipinski definition) is 2. The Morgan fingerprint density at radius 3 is 3.08 bits per heavy atom. The molecule has 0 atom stereocenters. The molecule has 1 saturated carbocycles. The Balaban J connectivity index is 2.25. The van der Waals surface area contributed by atoms with Gasteiger partial charge in [0.25, 0.3) is 0 Å². The first kappa shape index (κ1) is 7.35. The molecular weight excluding hydrogens is 150 g/mol. The van der Waals surface area contributed by atoms with Gasteiger partial charge in [-0.15, -0.1) is 0 Å². The predicted octanol–water partition coefficient (Wildman–Crippen LogP) is 1.36. The summed E-state index contributed by atoms with van der Waals surface area (Å²) in [6.07, 6.45) is 3.00. The van der Waals surface area contributed by atoms with Crippen molar-refractivity contribution in [1.29, 1.82) is 5.26 Å². The second kappa shape index (κ2) is 2.63. The van der Waals surface area contributed by atoms with Crippen LogP contribution < -0.4 is 0 Å². The van der Waals surface area contributed by atoms with Crippen molar-refractivity contribution in [2.24, 2.45) is 7.05 Å². The average molecular weight is 161 g/mol. The molecule has 2 rings (SSSR count). The van der Waals surface area contributed by atoms with Gasteiger partial charge >= 0.3 is 0 Å². The molecule has 0 N–H and O–H groups in total. The molecule has 0 bridgehead atoms. The van der Waals surface area contributed by atoms with Gasteiger partial charge in [-0.05, 0) is 18.9 Å². The maximum Gasteiger partial charge on any atom is 0.0793 e. The molecule has 1 fully saturated rings. The van der Waals surface area contributed by atoms with Gasteiger partial charge in [-0.1, -0.05) is 0 Å². The van der Waals surface area contributed by atoms with Crippen molar-refractivity contribution in [1.82, 2.24) is 9.78 Å². The Labute approximate surface area is 71.6 Å². The highest BCUT2D eigenvalue weighted by Crippen LogP contribution is 2.39. The molecule has 1 aliphatic rings. The van der Waals surface area contributed by atoms with Crippen LogP contribution >= 0.6 is 0 Å². The highest BCUT2D eigenvalue weighted by atomic mass is 15.3. The van der Waals surface area contributed by atoms with Crippen LogP contribution in [0.1, 0.15) is 30.1 Å². The molecule has 62 valence electrons. The van der Waals surface area contributed by atoms with E-state index in [2.05, 4.69) is 17.2 Å². The second-order valence-electron chi connectivity index (χ2n) is 3.29. The highest BCUT2D eigenvalue weighted by Gasteiger charge is 2.26. The smallest absolute Gasteiger partial charge is 0.0793 e. The fourth-order valence-electron chi connectivity index (χ4n) is 1.47. The van der Waals surface area contributed by atoms with Gasteiger partial charge in [0.1, 0.15) is 0 Å². The quantitative estimate of drug-likeness (QED) is 0.657. The number of nitrogens with zero attached hydrogens (tertiary/aromatic N) is 3. The van der Waals surface area contributed by atoms with E-state index in [1.54, 1.807) is 0 Å². The minimum Gasteiger partial charge on any atom is -0.272 e. The lowest BCUT2D eigenvalue weighted by Gasteiger charge is -1.94. The number of nitriles is 1. The van der Waals surface area contributed by atoms with E-state index in [0.717, 1.165) is 11.6 Å². The summed E-state index contributed by atoms with van der Waals surface area (Å²) in [6.45, 7) is 0. The number of aromatic nitrogens is 2. The summed E-state index contributed by atoms with van der Waals surface area (Å²) in [5.41, 5.74) is 2.20. The van der Waals surface area contributed by atoms with Crippen LogP contribution in [0.25, 0.3) is 0 Å². The van der Waals surface area contributed by atoms with Crippen molar-refractivity contribution in [3.05, 3.63) is 17.5 Å². The van der Waals surface area contributed by atoms with Gasteiger partial charge in [0.2, 0.25) is 0 Å². The van der Waals surface area contributed by atoms with Crippen LogP contribution in [-0.2, 0) is 13.5 Å². The first-order chi connectivity index (χ1) is 5.81. The van der Waals surface area contributed by atoms with E-state index >= 15 is 0 Å². The number of aryl methyl sites for hydroxylation is 1. The maximum atomic E-state index is 8.47. The number of rotatable bonds is 2. The van der Waals surface area contributed by atoms with Crippen LogP contribution in [0.3, 0.4) is 0 Å². The largest absolute Gasteiger partial charge is 0.272 e. The van der Waals surface area contributed by atoms with Crippen LogP contribution in [0.4, 0.5) is 0 Å². The lowest BCUT2D eigenvalue weighted by atomic mass is 10.2. The summed E-state index contributed by atoms with van der Waals surface area (Å²) in [5, 5.41) is 12.7. The molecule has 1 heterocycles. The third-order valence-electron chi connectivity index (χ3n) is 2.22. The summed E-state index contributed by atoms with van der Waals surface area (Å²) in [4.78, 5) is 0. The van der Waals surface area contributed by atoms with Crippen molar-refractivity contribution >= 4 is 0 Å². The fourth-order valence-corrected chi connectivity index (χ4v) is 1.47. The summed E-state index contributed by atoms with van der Waals surface area (Å²) in [5.74, 6) is 0.718. The molecule has 0 amide bonds. The Hall–Kier alpha value is -1.30. The topological polar surface area (TPSA) is 41.6 Å². The molecule has 1 aromatic rings. The normalized spacial score (nSPS) is 16.0. The van der Waals surface area contributed by atoms with Gasteiger partial charge in [-0.3, -0.25) is 4.68 Å². The van der Waals surface area contributed by atoms with E-state index in [-0.39, 0.29) is 0 Å². The molecule has 0 aliphatic heterocycles. The summed E-state index contributed by atoms with van der Waals surface area (Å²) < 4.78 is 1.91. The van der Waals surface area contributed by atoms with E-state index in [1.807, 2.05) is 11.7 Å². The molecule has 0 saturated heterocycles. The van der Waals surface area contributed by atoms with Gasteiger partial charge in [-0.2, -0.15) is 10.4 Å². The van der Waals surface area contributed by atoms with E-state index in [0.29, 0.717) is 6.42 Å². The minimum absolute atomic E-state index is 0.431. The van der Waals surface area contributed by atoms with Crippen LogP contribution in [-0.4, -0.2) is 9.78 Å². The van der Waals surface area contributed by atoms with Crippen molar-refractivity contribution in [3.8, 4) is 6.07 Å². The van der Waals surface area contributed by atoms with Gasteiger partial charge in [-0.25, -0.2) is 0 Å². The molecular formula is C9H11N3. The van der Waals surface area contributed by atoms with Gasteiger partial charge in [0, 0.05) is 18.7 Å². The average Bonchev–Trinajstić information content (AvgIpc) is 2.79. The summed E-state index contributed by atoms with van der Waals surface area (Å²) in [7, 11) is 1.95. The fraction of sp³-hybridized carbons (Fsp3) is 0.556. The van der Waals surface area contributed by atoms with Crippen molar-refractivity contribution in [2.75, 3.05) is 0 Å². The second-order valence-corrected chi connectivity index (χ2v) is 3.29. The van der Waals surface area contributed by atoms with Crippen LogP contribution in [0.5, 0.6) is 0 Å².